The third-order valence-electron chi connectivity index (χ3n) is 3.30. The molecule has 0 bridgehead atoms. The highest BCUT2D eigenvalue weighted by atomic mass is 16.5. The molecule has 0 radical (unpaired) electrons. The van der Waals surface area contributed by atoms with E-state index in [1.54, 1.807) is 0 Å². The predicted octanol–water partition coefficient (Wildman–Crippen LogP) is 1.44. The van der Waals surface area contributed by atoms with Gasteiger partial charge in [0.1, 0.15) is 0 Å². The Labute approximate surface area is 108 Å². The van der Waals surface area contributed by atoms with Crippen LogP contribution in [0.1, 0.15) is 23.7 Å². The smallest absolute Gasteiger partial charge is 0.179 e. The molecule has 98 valence electrons. The second-order valence-corrected chi connectivity index (χ2v) is 4.53. The fourth-order valence-corrected chi connectivity index (χ4v) is 2.06. The number of anilines is 1. The van der Waals surface area contributed by atoms with Crippen LogP contribution in [-0.4, -0.2) is 38.1 Å². The molecule has 1 aromatic carbocycles. The third kappa shape index (κ3) is 2.89. The van der Waals surface area contributed by atoms with Crippen molar-refractivity contribution >= 4 is 11.5 Å². The zero-order valence-electron chi connectivity index (χ0n) is 10.8. The number of hydrogen-bond donors (Lipinski definition) is 1. The average molecular weight is 248 g/mol. The predicted molar refractivity (Wildman–Crippen MR) is 72.1 cm³/mol. The second-order valence-electron chi connectivity index (χ2n) is 4.53. The first-order chi connectivity index (χ1) is 8.72. The largest absolute Gasteiger partial charge is 0.378 e. The van der Waals surface area contributed by atoms with Gasteiger partial charge in [-0.05, 0) is 30.7 Å². The van der Waals surface area contributed by atoms with Gasteiger partial charge in [-0.3, -0.25) is 4.79 Å². The number of ketones is 1. The quantitative estimate of drug-likeness (QED) is 0.819. The molecule has 4 heteroatoms. The summed E-state index contributed by atoms with van der Waals surface area (Å²) >= 11 is 0. The van der Waals surface area contributed by atoms with Gasteiger partial charge >= 0.3 is 0 Å². The van der Waals surface area contributed by atoms with E-state index >= 15 is 0 Å². The highest BCUT2D eigenvalue weighted by molar-refractivity contribution is 6.00. The van der Waals surface area contributed by atoms with E-state index in [0.717, 1.165) is 32.0 Å². The van der Waals surface area contributed by atoms with Crippen LogP contribution in [0.5, 0.6) is 0 Å². The summed E-state index contributed by atoms with van der Waals surface area (Å²) in [7, 11) is 0. The van der Waals surface area contributed by atoms with Crippen LogP contribution in [0.15, 0.2) is 24.3 Å². The van der Waals surface area contributed by atoms with Gasteiger partial charge in [-0.2, -0.15) is 0 Å². The van der Waals surface area contributed by atoms with Gasteiger partial charge in [0.25, 0.3) is 0 Å². The van der Waals surface area contributed by atoms with Crippen molar-refractivity contribution in [3.63, 3.8) is 0 Å². The van der Waals surface area contributed by atoms with Crippen molar-refractivity contribution in [2.75, 3.05) is 31.2 Å². The summed E-state index contributed by atoms with van der Waals surface area (Å²) in [5.41, 5.74) is 7.59. The van der Waals surface area contributed by atoms with Crippen LogP contribution in [0, 0.1) is 0 Å². The summed E-state index contributed by atoms with van der Waals surface area (Å²) in [6.45, 7) is 5.26. The Kier molecular flexibility index (Phi) is 4.33. The molecule has 18 heavy (non-hydrogen) atoms. The van der Waals surface area contributed by atoms with E-state index in [0.29, 0.717) is 12.0 Å². The van der Waals surface area contributed by atoms with Gasteiger partial charge in [-0.15, -0.1) is 0 Å². The number of nitrogens with two attached hydrogens (primary N) is 1. The summed E-state index contributed by atoms with van der Waals surface area (Å²) < 4.78 is 5.32. The van der Waals surface area contributed by atoms with E-state index in [-0.39, 0.29) is 11.8 Å². The van der Waals surface area contributed by atoms with Gasteiger partial charge in [0.05, 0.1) is 19.3 Å². The summed E-state index contributed by atoms with van der Waals surface area (Å²) in [4.78, 5) is 14.2. The Morgan fingerprint density at radius 3 is 2.50 bits per heavy atom. The molecule has 1 aliphatic rings. The molecule has 1 aromatic rings. The first kappa shape index (κ1) is 13.1. The molecular formula is C14H20N2O2. The van der Waals surface area contributed by atoms with Gasteiger partial charge in [0, 0.05) is 24.3 Å². The number of carbonyl (C=O) groups is 1. The second kappa shape index (κ2) is 5.98. The lowest BCUT2D eigenvalue weighted by atomic mass is 10.0. The monoisotopic (exact) mass is 248 g/mol. The SMILES string of the molecule is CCC(N)C(=O)c1ccc(N2CCOCC2)cc1. The Morgan fingerprint density at radius 1 is 1.33 bits per heavy atom. The van der Waals surface area contributed by atoms with E-state index in [1.807, 2.05) is 31.2 Å². The standard InChI is InChI=1S/C14H20N2O2/c1-2-13(15)14(17)11-3-5-12(6-4-11)16-7-9-18-10-8-16/h3-6,13H,2,7-10,15H2,1H3. The number of hydrogen-bond acceptors (Lipinski definition) is 4. The van der Waals surface area contributed by atoms with Crippen LogP contribution in [0.4, 0.5) is 5.69 Å². The van der Waals surface area contributed by atoms with Gasteiger partial charge < -0.3 is 15.4 Å². The first-order valence-corrected chi connectivity index (χ1v) is 6.45. The van der Waals surface area contributed by atoms with Crippen molar-refractivity contribution in [1.82, 2.24) is 0 Å². The summed E-state index contributed by atoms with van der Waals surface area (Å²) in [6, 6.07) is 7.31. The lowest BCUT2D eigenvalue weighted by Gasteiger charge is -2.28. The number of nitrogens with zero attached hydrogens (tertiary/aromatic N) is 1. The molecule has 1 heterocycles. The molecule has 0 amide bonds. The lowest BCUT2D eigenvalue weighted by molar-refractivity contribution is 0.0959. The molecular weight excluding hydrogens is 228 g/mol. The minimum Gasteiger partial charge on any atom is -0.378 e. The van der Waals surface area contributed by atoms with Gasteiger partial charge in [0.2, 0.25) is 0 Å². The zero-order valence-corrected chi connectivity index (χ0v) is 10.8. The molecule has 4 nitrogen and oxygen atoms in total. The molecule has 0 aromatic heterocycles. The van der Waals surface area contributed by atoms with Gasteiger partial charge in [0.15, 0.2) is 5.78 Å². The van der Waals surface area contributed by atoms with Gasteiger partial charge in [-0.1, -0.05) is 6.92 Å². The van der Waals surface area contributed by atoms with Crippen molar-refractivity contribution in [3.05, 3.63) is 29.8 Å². The van der Waals surface area contributed by atoms with Crippen molar-refractivity contribution in [1.29, 1.82) is 0 Å². The van der Waals surface area contributed by atoms with Crippen molar-refractivity contribution in [2.45, 2.75) is 19.4 Å². The maximum Gasteiger partial charge on any atom is 0.179 e. The lowest BCUT2D eigenvalue weighted by Crippen LogP contribution is -2.36. The van der Waals surface area contributed by atoms with Crippen molar-refractivity contribution < 1.29 is 9.53 Å². The molecule has 1 atom stereocenters. The van der Waals surface area contributed by atoms with Crippen LogP contribution in [0.2, 0.25) is 0 Å². The number of ether oxygens (including phenoxy) is 1. The molecule has 2 N–H and O–H groups in total. The minimum absolute atomic E-state index is 0.0195. The van der Waals surface area contributed by atoms with Crippen LogP contribution in [0.3, 0.4) is 0 Å². The topological polar surface area (TPSA) is 55.6 Å². The molecule has 1 unspecified atom stereocenters. The first-order valence-electron chi connectivity index (χ1n) is 6.45. The molecule has 1 fully saturated rings. The van der Waals surface area contributed by atoms with E-state index in [2.05, 4.69) is 4.90 Å². The third-order valence-corrected chi connectivity index (χ3v) is 3.30. The summed E-state index contributed by atoms with van der Waals surface area (Å²) in [5, 5.41) is 0. The Morgan fingerprint density at radius 2 is 1.94 bits per heavy atom. The highest BCUT2D eigenvalue weighted by Crippen LogP contribution is 2.17. The average Bonchev–Trinajstić information content (AvgIpc) is 2.47. The highest BCUT2D eigenvalue weighted by Gasteiger charge is 2.15. The molecule has 0 aliphatic carbocycles. The fraction of sp³-hybridized carbons (Fsp3) is 0.500. The zero-order chi connectivity index (χ0) is 13.0. The van der Waals surface area contributed by atoms with Crippen LogP contribution in [0.25, 0.3) is 0 Å². The molecule has 2 rings (SSSR count). The normalized spacial score (nSPS) is 17.6. The van der Waals surface area contributed by atoms with E-state index < -0.39 is 0 Å². The van der Waals surface area contributed by atoms with E-state index in [1.165, 1.54) is 0 Å². The summed E-state index contributed by atoms with van der Waals surface area (Å²) in [6.07, 6.45) is 0.671. The van der Waals surface area contributed by atoms with Crippen molar-refractivity contribution in [2.24, 2.45) is 5.73 Å². The number of Topliss-reactive ketones (excluding diaryl/α,β-unsaturated/α-hetero) is 1. The van der Waals surface area contributed by atoms with Crippen molar-refractivity contribution in [3.8, 4) is 0 Å². The molecule has 0 spiro atoms. The Bertz CT molecular complexity index is 397. The molecule has 1 saturated heterocycles. The number of morpholine rings is 1. The number of rotatable bonds is 4. The van der Waals surface area contributed by atoms with Crippen LogP contribution >= 0.6 is 0 Å². The molecule has 0 saturated carbocycles. The maximum absolute atomic E-state index is 11.9. The van der Waals surface area contributed by atoms with Crippen LogP contribution < -0.4 is 10.6 Å². The van der Waals surface area contributed by atoms with Crippen LogP contribution in [-0.2, 0) is 4.74 Å². The van der Waals surface area contributed by atoms with E-state index in [9.17, 15) is 4.79 Å². The van der Waals surface area contributed by atoms with E-state index in [4.69, 9.17) is 10.5 Å². The number of benzene rings is 1. The Hall–Kier alpha value is -1.39. The van der Waals surface area contributed by atoms with Gasteiger partial charge in [-0.25, -0.2) is 0 Å². The molecule has 1 aliphatic heterocycles. The maximum atomic E-state index is 11.9. The minimum atomic E-state index is -0.390. The summed E-state index contributed by atoms with van der Waals surface area (Å²) in [5.74, 6) is 0.0195. The fourth-order valence-electron chi connectivity index (χ4n) is 2.06. The Balaban J connectivity index is 2.07. The number of carbonyl (C=O) groups excluding carboxylic acids is 1.